The molecule has 0 fully saturated rings. The van der Waals surface area contributed by atoms with Crippen LogP contribution < -0.4 is 5.32 Å². The summed E-state index contributed by atoms with van der Waals surface area (Å²) in [6.07, 6.45) is 0.980. The standard InChI is InChI=1S/C12H19NO/c1-4-13-6-5-11-8-12(14)10(3)7-9(11)2/h7-8,13-14H,4-6H2,1-3H3. The van der Waals surface area contributed by atoms with Crippen molar-refractivity contribution in [3.05, 3.63) is 28.8 Å². The summed E-state index contributed by atoms with van der Waals surface area (Å²) in [5.74, 6) is 0.405. The van der Waals surface area contributed by atoms with E-state index in [1.807, 2.05) is 19.1 Å². The lowest BCUT2D eigenvalue weighted by molar-refractivity contribution is 0.470. The maximum atomic E-state index is 9.56. The third kappa shape index (κ3) is 2.74. The highest BCUT2D eigenvalue weighted by Crippen LogP contribution is 2.21. The van der Waals surface area contributed by atoms with Crippen LogP contribution in [-0.2, 0) is 6.42 Å². The molecule has 0 unspecified atom stereocenters. The van der Waals surface area contributed by atoms with E-state index in [0.717, 1.165) is 25.1 Å². The number of nitrogens with one attached hydrogen (secondary N) is 1. The highest BCUT2D eigenvalue weighted by atomic mass is 16.3. The quantitative estimate of drug-likeness (QED) is 0.718. The van der Waals surface area contributed by atoms with Crippen LogP contribution in [0.25, 0.3) is 0 Å². The molecule has 0 atom stereocenters. The molecule has 0 aliphatic rings. The Morgan fingerprint density at radius 2 is 1.93 bits per heavy atom. The van der Waals surface area contributed by atoms with Crippen LogP contribution in [0.4, 0.5) is 0 Å². The van der Waals surface area contributed by atoms with Crippen LogP contribution in [0.15, 0.2) is 12.1 Å². The van der Waals surface area contributed by atoms with Gasteiger partial charge in [-0.25, -0.2) is 0 Å². The number of benzene rings is 1. The topological polar surface area (TPSA) is 32.3 Å². The summed E-state index contributed by atoms with van der Waals surface area (Å²) in [6.45, 7) is 8.08. The van der Waals surface area contributed by atoms with Crippen molar-refractivity contribution in [1.82, 2.24) is 5.32 Å². The Balaban J connectivity index is 2.72. The number of phenols is 1. The lowest BCUT2D eigenvalue weighted by Crippen LogP contribution is -2.16. The minimum absolute atomic E-state index is 0.405. The van der Waals surface area contributed by atoms with Gasteiger partial charge in [-0.3, -0.25) is 0 Å². The van der Waals surface area contributed by atoms with Gasteiger partial charge in [0, 0.05) is 0 Å². The maximum absolute atomic E-state index is 9.56. The number of hydrogen-bond donors (Lipinski definition) is 2. The maximum Gasteiger partial charge on any atom is 0.118 e. The minimum Gasteiger partial charge on any atom is -0.508 e. The number of phenolic OH excluding ortho intramolecular Hbond substituents is 1. The molecule has 0 spiro atoms. The van der Waals surface area contributed by atoms with E-state index >= 15 is 0 Å². The van der Waals surface area contributed by atoms with E-state index in [2.05, 4.69) is 19.2 Å². The van der Waals surface area contributed by atoms with Crippen molar-refractivity contribution in [3.63, 3.8) is 0 Å². The number of aromatic hydroxyl groups is 1. The summed E-state index contributed by atoms with van der Waals surface area (Å²) >= 11 is 0. The van der Waals surface area contributed by atoms with Crippen LogP contribution in [0.3, 0.4) is 0 Å². The average molecular weight is 193 g/mol. The van der Waals surface area contributed by atoms with E-state index in [0.29, 0.717) is 5.75 Å². The second-order valence-corrected chi connectivity index (χ2v) is 3.67. The molecule has 2 N–H and O–H groups in total. The van der Waals surface area contributed by atoms with Gasteiger partial charge in [-0.15, -0.1) is 0 Å². The molecule has 0 aliphatic carbocycles. The van der Waals surface area contributed by atoms with Gasteiger partial charge in [-0.2, -0.15) is 0 Å². The normalized spacial score (nSPS) is 10.5. The van der Waals surface area contributed by atoms with Crippen LogP contribution in [0, 0.1) is 13.8 Å². The fourth-order valence-electron chi connectivity index (χ4n) is 1.55. The summed E-state index contributed by atoms with van der Waals surface area (Å²) in [6, 6.07) is 3.92. The molecule has 2 nitrogen and oxygen atoms in total. The van der Waals surface area contributed by atoms with Crippen molar-refractivity contribution in [2.24, 2.45) is 0 Å². The lowest BCUT2D eigenvalue weighted by Gasteiger charge is -2.08. The van der Waals surface area contributed by atoms with Gasteiger partial charge in [0.1, 0.15) is 5.75 Å². The van der Waals surface area contributed by atoms with Crippen molar-refractivity contribution in [1.29, 1.82) is 0 Å². The summed E-state index contributed by atoms with van der Waals surface area (Å²) < 4.78 is 0. The first-order valence-electron chi connectivity index (χ1n) is 5.15. The van der Waals surface area contributed by atoms with Gasteiger partial charge in [-0.05, 0) is 56.1 Å². The Morgan fingerprint density at radius 1 is 1.21 bits per heavy atom. The summed E-state index contributed by atoms with van der Waals surface area (Å²) in [5, 5.41) is 12.8. The van der Waals surface area contributed by atoms with Crippen LogP contribution in [0.5, 0.6) is 5.75 Å². The molecule has 0 saturated heterocycles. The third-order valence-corrected chi connectivity index (χ3v) is 2.48. The van der Waals surface area contributed by atoms with Crippen molar-refractivity contribution in [2.75, 3.05) is 13.1 Å². The molecule has 1 aromatic carbocycles. The first-order valence-corrected chi connectivity index (χ1v) is 5.15. The van der Waals surface area contributed by atoms with E-state index < -0.39 is 0 Å². The predicted octanol–water partition coefficient (Wildman–Crippen LogP) is 2.16. The monoisotopic (exact) mass is 193 g/mol. The van der Waals surface area contributed by atoms with Gasteiger partial charge >= 0.3 is 0 Å². The molecule has 2 heteroatoms. The molecule has 0 bridgehead atoms. The summed E-state index contributed by atoms with van der Waals surface area (Å²) in [4.78, 5) is 0. The zero-order valence-corrected chi connectivity index (χ0v) is 9.22. The van der Waals surface area contributed by atoms with Crippen molar-refractivity contribution in [2.45, 2.75) is 27.2 Å². The Kier molecular flexibility index (Phi) is 3.96. The van der Waals surface area contributed by atoms with Crippen molar-refractivity contribution >= 4 is 0 Å². The van der Waals surface area contributed by atoms with Crippen LogP contribution in [-0.4, -0.2) is 18.2 Å². The van der Waals surface area contributed by atoms with Crippen molar-refractivity contribution < 1.29 is 5.11 Å². The molecule has 0 radical (unpaired) electrons. The van der Waals surface area contributed by atoms with Crippen LogP contribution in [0.2, 0.25) is 0 Å². The molecule has 0 amide bonds. The second-order valence-electron chi connectivity index (χ2n) is 3.67. The van der Waals surface area contributed by atoms with E-state index in [-0.39, 0.29) is 0 Å². The fraction of sp³-hybridized carbons (Fsp3) is 0.500. The SMILES string of the molecule is CCNCCc1cc(O)c(C)cc1C. The molecule has 1 rings (SSSR count). The zero-order valence-electron chi connectivity index (χ0n) is 9.22. The molecular formula is C12H19NO. The second kappa shape index (κ2) is 5.01. The number of hydrogen-bond acceptors (Lipinski definition) is 2. The van der Waals surface area contributed by atoms with Gasteiger partial charge in [0.15, 0.2) is 0 Å². The Morgan fingerprint density at radius 3 is 2.57 bits per heavy atom. The van der Waals surface area contributed by atoms with Gasteiger partial charge in [0.2, 0.25) is 0 Å². The lowest BCUT2D eigenvalue weighted by atomic mass is 10.0. The summed E-state index contributed by atoms with van der Waals surface area (Å²) in [5.41, 5.74) is 3.45. The Hall–Kier alpha value is -1.02. The number of aryl methyl sites for hydroxylation is 2. The fourth-order valence-corrected chi connectivity index (χ4v) is 1.55. The molecule has 0 aliphatic heterocycles. The zero-order chi connectivity index (χ0) is 10.6. The van der Waals surface area contributed by atoms with Gasteiger partial charge < -0.3 is 10.4 Å². The predicted molar refractivity (Wildman–Crippen MR) is 59.8 cm³/mol. The van der Waals surface area contributed by atoms with Crippen LogP contribution in [0.1, 0.15) is 23.6 Å². The molecule has 0 aromatic heterocycles. The summed E-state index contributed by atoms with van der Waals surface area (Å²) in [7, 11) is 0. The molecule has 0 saturated carbocycles. The smallest absolute Gasteiger partial charge is 0.118 e. The molecular weight excluding hydrogens is 174 g/mol. The third-order valence-electron chi connectivity index (χ3n) is 2.48. The highest BCUT2D eigenvalue weighted by Gasteiger charge is 2.02. The molecule has 78 valence electrons. The number of likely N-dealkylation sites (N-methyl/N-ethyl adjacent to an activating group) is 1. The molecule has 14 heavy (non-hydrogen) atoms. The molecule has 1 aromatic rings. The van der Waals surface area contributed by atoms with E-state index in [4.69, 9.17) is 0 Å². The molecule has 0 heterocycles. The highest BCUT2D eigenvalue weighted by molar-refractivity contribution is 5.40. The first-order chi connectivity index (χ1) is 6.65. The Bertz CT molecular complexity index is 307. The minimum atomic E-state index is 0.405. The van der Waals surface area contributed by atoms with Crippen molar-refractivity contribution in [3.8, 4) is 5.75 Å². The Labute approximate surface area is 86.0 Å². The van der Waals surface area contributed by atoms with Gasteiger partial charge in [0.25, 0.3) is 0 Å². The van der Waals surface area contributed by atoms with Gasteiger partial charge in [-0.1, -0.05) is 13.0 Å². The van der Waals surface area contributed by atoms with E-state index in [1.165, 1.54) is 11.1 Å². The van der Waals surface area contributed by atoms with Crippen LogP contribution >= 0.6 is 0 Å². The van der Waals surface area contributed by atoms with E-state index in [9.17, 15) is 5.11 Å². The average Bonchev–Trinajstić information content (AvgIpc) is 2.14. The number of rotatable bonds is 4. The van der Waals surface area contributed by atoms with E-state index in [1.54, 1.807) is 0 Å². The first kappa shape index (κ1) is 11.1. The van der Waals surface area contributed by atoms with Gasteiger partial charge in [0.05, 0.1) is 0 Å². The largest absolute Gasteiger partial charge is 0.508 e.